The highest BCUT2D eigenvalue weighted by Gasteiger charge is 2.29. The molecule has 0 aliphatic carbocycles. The van der Waals surface area contributed by atoms with Crippen LogP contribution in [0.15, 0.2) is 34.6 Å². The molecule has 0 saturated carbocycles. The molecule has 0 saturated heterocycles. The number of hydrogen-bond acceptors (Lipinski definition) is 5. The second kappa shape index (κ2) is 6.34. The fourth-order valence-corrected chi connectivity index (χ4v) is 3.39. The third-order valence-corrected chi connectivity index (χ3v) is 4.62. The van der Waals surface area contributed by atoms with Crippen molar-refractivity contribution in [2.45, 2.75) is 19.8 Å². The number of esters is 1. The normalized spacial score (nSPS) is 16.4. The summed E-state index contributed by atoms with van der Waals surface area (Å²) in [5, 5.41) is 5.26. The van der Waals surface area contributed by atoms with Gasteiger partial charge >= 0.3 is 5.97 Å². The zero-order chi connectivity index (χ0) is 16.4. The van der Waals surface area contributed by atoms with Gasteiger partial charge in [-0.3, -0.25) is 4.79 Å². The molecule has 1 aliphatic heterocycles. The lowest BCUT2D eigenvalue weighted by molar-refractivity contribution is -0.115. The molecule has 0 spiro atoms. The number of hydrogen-bond donors (Lipinski definition) is 1. The van der Waals surface area contributed by atoms with Gasteiger partial charge in [-0.15, -0.1) is 11.3 Å². The van der Waals surface area contributed by atoms with Crippen LogP contribution in [-0.4, -0.2) is 24.7 Å². The van der Waals surface area contributed by atoms with Gasteiger partial charge in [-0.2, -0.15) is 0 Å². The minimum absolute atomic E-state index is 0.110. The second-order valence-corrected chi connectivity index (χ2v) is 6.01. The molecule has 1 aliphatic rings. The van der Waals surface area contributed by atoms with Gasteiger partial charge < -0.3 is 10.1 Å². The van der Waals surface area contributed by atoms with E-state index < -0.39 is 5.92 Å². The van der Waals surface area contributed by atoms with Gasteiger partial charge in [0.2, 0.25) is 5.91 Å². The van der Waals surface area contributed by atoms with Crippen molar-refractivity contribution in [2.75, 3.05) is 11.9 Å². The van der Waals surface area contributed by atoms with Crippen molar-refractivity contribution in [1.29, 1.82) is 0 Å². The fourth-order valence-electron chi connectivity index (χ4n) is 2.50. The minimum atomic E-state index is -0.441. The van der Waals surface area contributed by atoms with Gasteiger partial charge in [0.05, 0.1) is 12.2 Å². The van der Waals surface area contributed by atoms with Crippen LogP contribution in [0.3, 0.4) is 0 Å². The molecule has 23 heavy (non-hydrogen) atoms. The number of fused-ring (bicyclic) bond motifs is 1. The van der Waals surface area contributed by atoms with E-state index in [4.69, 9.17) is 4.74 Å². The summed E-state index contributed by atoms with van der Waals surface area (Å²) in [7, 11) is 0. The van der Waals surface area contributed by atoms with E-state index in [2.05, 4.69) is 10.3 Å². The second-order valence-electron chi connectivity index (χ2n) is 5.15. The average molecular weight is 328 g/mol. The highest BCUT2D eigenvalue weighted by Crippen LogP contribution is 2.34. The molecule has 6 heteroatoms. The molecule has 3 rings (SSSR count). The Kier molecular flexibility index (Phi) is 4.25. The molecule has 1 atom stereocenters. The van der Waals surface area contributed by atoms with E-state index in [1.54, 1.807) is 13.1 Å². The number of carbonyl (C=O) groups excluding carboxylic acids is 2. The van der Waals surface area contributed by atoms with Gasteiger partial charge in [0.15, 0.2) is 0 Å². The van der Waals surface area contributed by atoms with Gasteiger partial charge in [0, 0.05) is 11.9 Å². The molecule has 5 nitrogen and oxygen atoms in total. The lowest BCUT2D eigenvalue weighted by Gasteiger charge is -2.03. The number of aliphatic imine (C=N–C) groups is 1. The largest absolute Gasteiger partial charge is 0.462 e. The van der Waals surface area contributed by atoms with E-state index >= 15 is 0 Å². The Morgan fingerprint density at radius 2 is 2.22 bits per heavy atom. The molecule has 1 aromatic carbocycles. The Bertz CT molecular complexity index is 795. The zero-order valence-corrected chi connectivity index (χ0v) is 13.6. The summed E-state index contributed by atoms with van der Waals surface area (Å²) in [5.74, 6) is -0.931. The molecule has 0 bridgehead atoms. The molecular formula is C17H16N2O3S. The molecule has 1 aromatic heterocycles. The predicted molar refractivity (Wildman–Crippen MR) is 91.0 cm³/mol. The van der Waals surface area contributed by atoms with Crippen molar-refractivity contribution >= 4 is 40.1 Å². The van der Waals surface area contributed by atoms with Gasteiger partial charge in [-0.1, -0.05) is 18.2 Å². The Morgan fingerprint density at radius 1 is 1.43 bits per heavy atom. The molecule has 1 amide bonds. The summed E-state index contributed by atoms with van der Waals surface area (Å²) in [4.78, 5) is 28.5. The van der Waals surface area contributed by atoms with Gasteiger partial charge in [0.1, 0.15) is 10.9 Å². The van der Waals surface area contributed by atoms with Gasteiger partial charge in [0.25, 0.3) is 0 Å². The SMILES string of the molecule is CCOC(=O)c1c(C)csc1N=CC1C(=O)Nc2ccccc21. The lowest BCUT2D eigenvalue weighted by atomic mass is 10.0. The number of benzene rings is 1. The average Bonchev–Trinajstić information content (AvgIpc) is 3.05. The fraction of sp³-hybridized carbons (Fsp3) is 0.235. The van der Waals surface area contributed by atoms with Crippen LogP contribution in [0.4, 0.5) is 10.7 Å². The van der Waals surface area contributed by atoms with E-state index in [0.29, 0.717) is 17.2 Å². The third kappa shape index (κ3) is 2.90. The van der Waals surface area contributed by atoms with Crippen LogP contribution in [0.2, 0.25) is 0 Å². The molecule has 0 fully saturated rings. The lowest BCUT2D eigenvalue weighted by Crippen LogP contribution is -2.13. The molecule has 0 radical (unpaired) electrons. The standard InChI is InChI=1S/C17H16N2O3S/c1-3-22-17(21)14-10(2)9-23-16(14)18-8-12-11-6-4-5-7-13(11)19-15(12)20/h4-9,12H,3H2,1-2H3,(H,19,20). The summed E-state index contributed by atoms with van der Waals surface area (Å²) < 4.78 is 5.07. The monoisotopic (exact) mass is 328 g/mol. The first-order valence-corrected chi connectivity index (χ1v) is 8.19. The van der Waals surface area contributed by atoms with Crippen LogP contribution in [0.1, 0.15) is 34.3 Å². The molecule has 118 valence electrons. The molecule has 2 heterocycles. The number of carbonyl (C=O) groups is 2. The van der Waals surface area contributed by atoms with Gasteiger partial charge in [-0.25, -0.2) is 9.79 Å². The van der Waals surface area contributed by atoms with Crippen LogP contribution in [0.5, 0.6) is 0 Å². The molecular weight excluding hydrogens is 312 g/mol. The van der Waals surface area contributed by atoms with E-state index in [-0.39, 0.29) is 11.9 Å². The van der Waals surface area contributed by atoms with Crippen LogP contribution < -0.4 is 5.32 Å². The Labute approximate surface area is 138 Å². The van der Waals surface area contributed by atoms with Crippen molar-refractivity contribution in [2.24, 2.45) is 4.99 Å². The first-order valence-electron chi connectivity index (χ1n) is 7.31. The topological polar surface area (TPSA) is 67.8 Å². The smallest absolute Gasteiger partial charge is 0.341 e. The minimum Gasteiger partial charge on any atom is -0.462 e. The number of aryl methyl sites for hydroxylation is 1. The number of para-hydroxylation sites is 1. The van der Waals surface area contributed by atoms with Crippen LogP contribution in [-0.2, 0) is 9.53 Å². The first-order chi connectivity index (χ1) is 11.1. The molecule has 1 N–H and O–H groups in total. The number of ether oxygens (including phenoxy) is 1. The zero-order valence-electron chi connectivity index (χ0n) is 12.8. The van der Waals surface area contributed by atoms with Crippen molar-refractivity contribution in [3.8, 4) is 0 Å². The van der Waals surface area contributed by atoms with E-state index in [0.717, 1.165) is 16.8 Å². The predicted octanol–water partition coefficient (Wildman–Crippen LogP) is 3.67. The Balaban J connectivity index is 1.90. The summed E-state index contributed by atoms with van der Waals surface area (Å²) in [5.41, 5.74) is 3.01. The third-order valence-electron chi connectivity index (χ3n) is 3.61. The summed E-state index contributed by atoms with van der Waals surface area (Å²) in [6, 6.07) is 7.52. The van der Waals surface area contributed by atoms with E-state index in [1.807, 2.05) is 36.6 Å². The maximum atomic E-state index is 12.1. The number of thiophene rings is 1. The quantitative estimate of drug-likeness (QED) is 0.688. The van der Waals surface area contributed by atoms with Crippen molar-refractivity contribution in [1.82, 2.24) is 0 Å². The van der Waals surface area contributed by atoms with E-state index in [9.17, 15) is 9.59 Å². The maximum Gasteiger partial charge on any atom is 0.341 e. The van der Waals surface area contributed by atoms with Crippen molar-refractivity contribution in [3.05, 3.63) is 46.3 Å². The number of nitrogens with one attached hydrogen (secondary N) is 1. The van der Waals surface area contributed by atoms with Crippen molar-refractivity contribution < 1.29 is 14.3 Å². The summed E-state index contributed by atoms with van der Waals surface area (Å²) in [6.45, 7) is 3.93. The van der Waals surface area contributed by atoms with E-state index in [1.165, 1.54) is 11.3 Å². The maximum absolute atomic E-state index is 12.1. The first kappa shape index (κ1) is 15.4. The highest BCUT2D eigenvalue weighted by atomic mass is 32.1. The highest BCUT2D eigenvalue weighted by molar-refractivity contribution is 7.14. The van der Waals surface area contributed by atoms with Gasteiger partial charge in [-0.05, 0) is 36.4 Å². The van der Waals surface area contributed by atoms with Crippen LogP contribution in [0.25, 0.3) is 0 Å². The molecule has 2 aromatic rings. The summed E-state index contributed by atoms with van der Waals surface area (Å²) >= 11 is 1.37. The molecule has 1 unspecified atom stereocenters. The summed E-state index contributed by atoms with van der Waals surface area (Å²) in [6.07, 6.45) is 1.59. The number of anilines is 1. The Hall–Kier alpha value is -2.47. The van der Waals surface area contributed by atoms with Crippen LogP contribution in [0, 0.1) is 6.92 Å². The van der Waals surface area contributed by atoms with Crippen molar-refractivity contribution in [3.63, 3.8) is 0 Å². The number of rotatable bonds is 4. The van der Waals surface area contributed by atoms with Crippen LogP contribution >= 0.6 is 11.3 Å². The Morgan fingerprint density at radius 3 is 3.00 bits per heavy atom. The number of nitrogens with zero attached hydrogens (tertiary/aromatic N) is 1. The number of amides is 1.